The summed E-state index contributed by atoms with van der Waals surface area (Å²) in [6.07, 6.45) is 5.55. The lowest BCUT2D eigenvalue weighted by atomic mass is 10.0. The molecule has 0 saturated carbocycles. The zero-order chi connectivity index (χ0) is 16.2. The molecule has 136 valence electrons. The van der Waals surface area contributed by atoms with Crippen LogP contribution in [0.3, 0.4) is 0 Å². The number of rotatable bonds is 8. The van der Waals surface area contributed by atoms with Gasteiger partial charge in [0.1, 0.15) is 0 Å². The van der Waals surface area contributed by atoms with Crippen LogP contribution < -0.4 is 10.6 Å². The van der Waals surface area contributed by atoms with Gasteiger partial charge in [-0.1, -0.05) is 13.3 Å². The third-order valence-electron chi connectivity index (χ3n) is 4.07. The van der Waals surface area contributed by atoms with Crippen LogP contribution in [0.2, 0.25) is 0 Å². The van der Waals surface area contributed by atoms with E-state index in [9.17, 15) is 4.79 Å². The molecule has 1 saturated heterocycles. The van der Waals surface area contributed by atoms with Crippen LogP contribution in [0, 0.1) is 0 Å². The third-order valence-corrected chi connectivity index (χ3v) is 4.07. The van der Waals surface area contributed by atoms with Crippen molar-refractivity contribution in [2.75, 3.05) is 39.8 Å². The van der Waals surface area contributed by atoms with Crippen molar-refractivity contribution in [2.24, 2.45) is 4.99 Å². The predicted molar refractivity (Wildman–Crippen MR) is 106 cm³/mol. The molecule has 1 rings (SSSR count). The van der Waals surface area contributed by atoms with E-state index in [1.165, 1.54) is 39.3 Å². The molecular formula is C16H33IN4O2. The average molecular weight is 440 g/mol. The van der Waals surface area contributed by atoms with E-state index in [4.69, 9.17) is 0 Å². The second-order valence-corrected chi connectivity index (χ2v) is 5.61. The Labute approximate surface area is 157 Å². The van der Waals surface area contributed by atoms with Crippen LogP contribution in [0.4, 0.5) is 0 Å². The molecule has 0 amide bonds. The van der Waals surface area contributed by atoms with E-state index >= 15 is 0 Å². The number of methoxy groups -OCH3 is 1. The van der Waals surface area contributed by atoms with Gasteiger partial charge in [0, 0.05) is 25.7 Å². The lowest BCUT2D eigenvalue weighted by molar-refractivity contribution is -0.140. The maximum atomic E-state index is 11.1. The summed E-state index contributed by atoms with van der Waals surface area (Å²) in [5.41, 5.74) is 0. The molecule has 0 aromatic carbocycles. The summed E-state index contributed by atoms with van der Waals surface area (Å²) >= 11 is 0. The number of likely N-dealkylation sites (tertiary alicyclic amines) is 1. The van der Waals surface area contributed by atoms with Crippen molar-refractivity contribution >= 4 is 35.9 Å². The number of nitrogens with one attached hydrogen (secondary N) is 2. The predicted octanol–water partition coefficient (Wildman–Crippen LogP) is 1.99. The van der Waals surface area contributed by atoms with Gasteiger partial charge in [0.05, 0.1) is 20.1 Å². The van der Waals surface area contributed by atoms with Gasteiger partial charge in [-0.2, -0.15) is 0 Å². The Morgan fingerprint density at radius 2 is 2.09 bits per heavy atom. The van der Waals surface area contributed by atoms with Crippen LogP contribution in [0.25, 0.3) is 0 Å². The molecule has 1 fully saturated rings. The fourth-order valence-corrected chi connectivity index (χ4v) is 2.83. The second-order valence-electron chi connectivity index (χ2n) is 5.61. The molecule has 1 heterocycles. The van der Waals surface area contributed by atoms with Crippen molar-refractivity contribution in [3.05, 3.63) is 0 Å². The van der Waals surface area contributed by atoms with Gasteiger partial charge in [-0.15, -0.1) is 24.0 Å². The van der Waals surface area contributed by atoms with E-state index in [1.54, 1.807) is 0 Å². The number of carbonyl (C=O) groups excluding carboxylic acids is 1. The molecule has 0 bridgehead atoms. The Morgan fingerprint density at radius 3 is 2.74 bits per heavy atom. The van der Waals surface area contributed by atoms with Crippen molar-refractivity contribution in [3.63, 3.8) is 0 Å². The average Bonchev–Trinajstić information content (AvgIpc) is 2.55. The van der Waals surface area contributed by atoms with Gasteiger partial charge < -0.3 is 15.4 Å². The first kappa shape index (κ1) is 22.4. The molecule has 6 nitrogen and oxygen atoms in total. The quantitative estimate of drug-likeness (QED) is 0.262. The number of hydrogen-bond acceptors (Lipinski definition) is 4. The molecule has 0 aromatic heterocycles. The molecule has 1 unspecified atom stereocenters. The Morgan fingerprint density at radius 1 is 1.30 bits per heavy atom. The van der Waals surface area contributed by atoms with Gasteiger partial charge in [-0.05, 0) is 32.7 Å². The maximum absolute atomic E-state index is 11.1. The largest absolute Gasteiger partial charge is 0.469 e. The summed E-state index contributed by atoms with van der Waals surface area (Å²) in [6.45, 7) is 8.64. The van der Waals surface area contributed by atoms with Crippen molar-refractivity contribution in [3.8, 4) is 0 Å². The highest BCUT2D eigenvalue weighted by atomic mass is 127. The number of hydrogen-bond donors (Lipinski definition) is 2. The molecule has 0 aliphatic carbocycles. The fourth-order valence-electron chi connectivity index (χ4n) is 2.83. The van der Waals surface area contributed by atoms with Crippen LogP contribution in [-0.4, -0.2) is 62.7 Å². The van der Waals surface area contributed by atoms with E-state index in [2.05, 4.69) is 32.2 Å². The number of ether oxygens (including phenoxy) is 1. The maximum Gasteiger partial charge on any atom is 0.307 e. The lowest BCUT2D eigenvalue weighted by Gasteiger charge is -2.34. The van der Waals surface area contributed by atoms with Gasteiger partial charge in [-0.25, -0.2) is 0 Å². The number of carbonyl (C=O) groups is 1. The summed E-state index contributed by atoms with van der Waals surface area (Å²) in [6, 6.07) is 0.721. The number of guanidine groups is 1. The number of esters is 1. The standard InChI is InChI=1S/C16H32N4O2.HI/c1-4-14-8-6-7-12-20(14)13-11-19-16(17-5-2)18-10-9-15(21)22-3;/h14H,4-13H2,1-3H3,(H2,17,18,19);1H. The number of aliphatic imine (C=N–C) groups is 1. The minimum Gasteiger partial charge on any atom is -0.469 e. The van der Waals surface area contributed by atoms with E-state index in [0.29, 0.717) is 13.0 Å². The molecule has 1 aliphatic rings. The fraction of sp³-hybridized carbons (Fsp3) is 0.875. The van der Waals surface area contributed by atoms with Gasteiger partial charge in [-0.3, -0.25) is 14.7 Å². The number of halogens is 1. The first-order chi connectivity index (χ1) is 10.7. The molecule has 23 heavy (non-hydrogen) atoms. The Kier molecular flexibility index (Phi) is 13.5. The first-order valence-electron chi connectivity index (χ1n) is 8.54. The summed E-state index contributed by atoms with van der Waals surface area (Å²) in [7, 11) is 1.41. The van der Waals surface area contributed by atoms with Gasteiger partial charge >= 0.3 is 5.97 Å². The summed E-state index contributed by atoms with van der Waals surface area (Å²) in [4.78, 5) is 18.3. The van der Waals surface area contributed by atoms with E-state index in [1.807, 2.05) is 6.92 Å². The lowest BCUT2D eigenvalue weighted by Crippen LogP contribution is -2.42. The van der Waals surface area contributed by atoms with Crippen LogP contribution in [-0.2, 0) is 9.53 Å². The van der Waals surface area contributed by atoms with Crippen LogP contribution in [0.15, 0.2) is 4.99 Å². The van der Waals surface area contributed by atoms with E-state index in [-0.39, 0.29) is 29.9 Å². The van der Waals surface area contributed by atoms with Crippen molar-refractivity contribution in [2.45, 2.75) is 52.0 Å². The molecule has 1 atom stereocenters. The number of nitrogens with zero attached hydrogens (tertiary/aromatic N) is 2. The van der Waals surface area contributed by atoms with Crippen molar-refractivity contribution in [1.82, 2.24) is 15.5 Å². The molecule has 1 aliphatic heterocycles. The van der Waals surface area contributed by atoms with Gasteiger partial charge in [0.25, 0.3) is 0 Å². The second kappa shape index (κ2) is 13.8. The Hall–Kier alpha value is -0.570. The highest BCUT2D eigenvalue weighted by Gasteiger charge is 2.19. The van der Waals surface area contributed by atoms with Gasteiger partial charge in [0.15, 0.2) is 5.96 Å². The van der Waals surface area contributed by atoms with Crippen molar-refractivity contribution < 1.29 is 9.53 Å². The molecule has 7 heteroatoms. The summed E-state index contributed by atoms with van der Waals surface area (Å²) in [5, 5.41) is 6.37. The third kappa shape index (κ3) is 9.34. The first-order valence-corrected chi connectivity index (χ1v) is 8.54. The van der Waals surface area contributed by atoms with E-state index in [0.717, 1.165) is 31.6 Å². The SMILES string of the molecule is CCNC(=NCCN1CCCCC1CC)NCCC(=O)OC.I. The Bertz CT molecular complexity index is 353. The van der Waals surface area contributed by atoms with Gasteiger partial charge in [0.2, 0.25) is 0 Å². The highest BCUT2D eigenvalue weighted by Crippen LogP contribution is 2.18. The minimum atomic E-state index is -0.206. The minimum absolute atomic E-state index is 0. The highest BCUT2D eigenvalue weighted by molar-refractivity contribution is 14.0. The Balaban J connectivity index is 0.00000484. The zero-order valence-corrected chi connectivity index (χ0v) is 17.1. The summed E-state index contributed by atoms with van der Waals surface area (Å²) < 4.78 is 4.63. The monoisotopic (exact) mass is 440 g/mol. The van der Waals surface area contributed by atoms with E-state index < -0.39 is 0 Å². The molecular weight excluding hydrogens is 407 g/mol. The van der Waals surface area contributed by atoms with Crippen molar-refractivity contribution in [1.29, 1.82) is 0 Å². The molecule has 2 N–H and O–H groups in total. The molecule has 0 radical (unpaired) electrons. The van der Waals surface area contributed by atoms with Crippen LogP contribution in [0.5, 0.6) is 0 Å². The summed E-state index contributed by atoms with van der Waals surface area (Å²) in [5.74, 6) is 0.568. The van der Waals surface area contributed by atoms with Crippen LogP contribution in [0.1, 0.15) is 46.0 Å². The molecule has 0 aromatic rings. The van der Waals surface area contributed by atoms with Crippen LogP contribution >= 0.6 is 24.0 Å². The number of piperidine rings is 1. The smallest absolute Gasteiger partial charge is 0.307 e. The normalized spacial score (nSPS) is 18.9. The zero-order valence-electron chi connectivity index (χ0n) is 14.8. The molecule has 0 spiro atoms. The topological polar surface area (TPSA) is 66.0 Å².